The van der Waals surface area contributed by atoms with E-state index in [2.05, 4.69) is 0 Å². The van der Waals surface area contributed by atoms with Gasteiger partial charge in [-0.15, -0.1) is 0 Å². The van der Waals surface area contributed by atoms with Crippen molar-refractivity contribution in [3.8, 4) is 0 Å². The molecular formula is C14H30O5Si. The molecule has 5 nitrogen and oxygen atoms in total. The Labute approximate surface area is 123 Å². The molecule has 1 saturated carbocycles. The van der Waals surface area contributed by atoms with Crippen LogP contribution in [0.4, 0.5) is 0 Å². The maximum absolute atomic E-state index is 9.93. The number of ether oxygens (including phenoxy) is 1. The fourth-order valence-corrected chi connectivity index (χ4v) is 5.09. The number of hydrogen-bond acceptors (Lipinski definition) is 5. The lowest BCUT2D eigenvalue weighted by Gasteiger charge is -2.34. The molecule has 1 rings (SSSR count). The van der Waals surface area contributed by atoms with Gasteiger partial charge in [0.15, 0.2) is 0 Å². The van der Waals surface area contributed by atoms with Gasteiger partial charge in [0.25, 0.3) is 0 Å². The zero-order valence-electron chi connectivity index (χ0n) is 13.3. The van der Waals surface area contributed by atoms with Crippen molar-refractivity contribution in [2.75, 3.05) is 27.4 Å². The van der Waals surface area contributed by atoms with E-state index in [1.165, 1.54) is 0 Å². The molecule has 0 spiro atoms. The largest absolute Gasteiger partial charge is 0.500 e. The average Bonchev–Trinajstić information content (AvgIpc) is 2.47. The second kappa shape index (κ2) is 9.12. The third kappa shape index (κ3) is 5.09. The molecule has 1 fully saturated rings. The van der Waals surface area contributed by atoms with Crippen molar-refractivity contribution < 1.29 is 23.1 Å². The molecule has 3 unspecified atom stereocenters. The van der Waals surface area contributed by atoms with Crippen LogP contribution in [-0.4, -0.2) is 53.6 Å². The van der Waals surface area contributed by atoms with E-state index in [0.29, 0.717) is 19.1 Å². The number of rotatable bonds is 9. The van der Waals surface area contributed by atoms with Crippen LogP contribution in [0.1, 0.15) is 39.5 Å². The monoisotopic (exact) mass is 306 g/mol. The van der Waals surface area contributed by atoms with Crippen LogP contribution in [0.25, 0.3) is 0 Å². The summed E-state index contributed by atoms with van der Waals surface area (Å²) in [6.07, 6.45) is 3.44. The molecule has 0 amide bonds. The molecule has 1 aliphatic rings. The molecule has 1 N–H and O–H groups in total. The van der Waals surface area contributed by atoms with Gasteiger partial charge in [-0.1, -0.05) is 0 Å². The minimum Gasteiger partial charge on any atom is -0.390 e. The van der Waals surface area contributed by atoms with E-state index in [4.69, 9.17) is 18.0 Å². The van der Waals surface area contributed by atoms with Crippen LogP contribution in [0.2, 0.25) is 6.04 Å². The first-order valence-electron chi connectivity index (χ1n) is 7.64. The summed E-state index contributed by atoms with van der Waals surface area (Å²) in [6, 6.07) is 0.827. The summed E-state index contributed by atoms with van der Waals surface area (Å²) in [4.78, 5) is 0. The Morgan fingerprint density at radius 1 is 1.10 bits per heavy atom. The van der Waals surface area contributed by atoms with Gasteiger partial charge in [-0.3, -0.25) is 0 Å². The standard InChI is InChI=1S/C14H30O5Si/c1-5-18-14-11-12(7-8-13(14)15)9-10-20(16-3,17-4)19-6-2/h12-15H,5-11H2,1-4H3. The van der Waals surface area contributed by atoms with Gasteiger partial charge in [0, 0.05) is 33.5 Å². The van der Waals surface area contributed by atoms with Crippen LogP contribution in [0.5, 0.6) is 0 Å². The van der Waals surface area contributed by atoms with Crippen LogP contribution in [0.15, 0.2) is 0 Å². The summed E-state index contributed by atoms with van der Waals surface area (Å²) in [5, 5.41) is 9.93. The Hall–Kier alpha value is 0.0169. The molecule has 0 aromatic rings. The van der Waals surface area contributed by atoms with E-state index in [1.807, 2.05) is 13.8 Å². The third-order valence-corrected chi connectivity index (χ3v) is 6.96. The summed E-state index contributed by atoms with van der Waals surface area (Å²) in [5.74, 6) is 0.549. The van der Waals surface area contributed by atoms with Gasteiger partial charge < -0.3 is 23.1 Å². The molecule has 1 aliphatic carbocycles. The van der Waals surface area contributed by atoms with Crippen molar-refractivity contribution in [3.63, 3.8) is 0 Å². The first kappa shape index (κ1) is 18.1. The van der Waals surface area contributed by atoms with Gasteiger partial charge >= 0.3 is 8.80 Å². The summed E-state index contributed by atoms with van der Waals surface area (Å²) in [6.45, 7) is 5.20. The highest BCUT2D eigenvalue weighted by atomic mass is 28.4. The van der Waals surface area contributed by atoms with Crippen LogP contribution >= 0.6 is 0 Å². The van der Waals surface area contributed by atoms with Crippen LogP contribution in [-0.2, 0) is 18.0 Å². The number of aliphatic hydroxyl groups excluding tert-OH is 1. The van der Waals surface area contributed by atoms with E-state index in [-0.39, 0.29) is 12.2 Å². The lowest BCUT2D eigenvalue weighted by molar-refractivity contribution is -0.0680. The van der Waals surface area contributed by atoms with Gasteiger partial charge in [-0.25, -0.2) is 0 Å². The van der Waals surface area contributed by atoms with Gasteiger partial charge in [-0.2, -0.15) is 0 Å². The maximum atomic E-state index is 9.93. The molecule has 0 aromatic carbocycles. The van der Waals surface area contributed by atoms with E-state index in [1.54, 1.807) is 14.2 Å². The van der Waals surface area contributed by atoms with Crippen molar-refractivity contribution in [2.45, 2.75) is 57.8 Å². The minimum atomic E-state index is -2.49. The van der Waals surface area contributed by atoms with E-state index < -0.39 is 8.80 Å². The lowest BCUT2D eigenvalue weighted by atomic mass is 9.84. The molecule has 0 bridgehead atoms. The second-order valence-electron chi connectivity index (χ2n) is 5.30. The Kier molecular flexibility index (Phi) is 8.24. The van der Waals surface area contributed by atoms with Gasteiger partial charge in [-0.05, 0) is 45.4 Å². The van der Waals surface area contributed by atoms with Gasteiger partial charge in [0.1, 0.15) is 0 Å². The van der Waals surface area contributed by atoms with E-state index >= 15 is 0 Å². The zero-order valence-corrected chi connectivity index (χ0v) is 14.3. The third-order valence-electron chi connectivity index (χ3n) is 4.09. The molecule has 0 aromatic heterocycles. The Morgan fingerprint density at radius 3 is 2.35 bits per heavy atom. The molecule has 20 heavy (non-hydrogen) atoms. The maximum Gasteiger partial charge on any atom is 0.500 e. The molecule has 0 saturated heterocycles. The Morgan fingerprint density at radius 2 is 1.80 bits per heavy atom. The van der Waals surface area contributed by atoms with Crippen LogP contribution < -0.4 is 0 Å². The van der Waals surface area contributed by atoms with Crippen molar-refractivity contribution in [1.29, 1.82) is 0 Å². The molecule has 120 valence electrons. The van der Waals surface area contributed by atoms with E-state index in [0.717, 1.165) is 31.7 Å². The highest BCUT2D eigenvalue weighted by Crippen LogP contribution is 2.32. The molecule has 0 aliphatic heterocycles. The summed E-state index contributed by atoms with van der Waals surface area (Å²) in [7, 11) is 0.843. The quantitative estimate of drug-likeness (QED) is 0.662. The summed E-state index contributed by atoms with van der Waals surface area (Å²) < 4.78 is 22.4. The number of aliphatic hydroxyl groups is 1. The Bertz CT molecular complexity index is 260. The van der Waals surface area contributed by atoms with Gasteiger partial charge in [0.2, 0.25) is 0 Å². The highest BCUT2D eigenvalue weighted by Gasteiger charge is 2.40. The fraction of sp³-hybridized carbons (Fsp3) is 1.00. The first-order valence-corrected chi connectivity index (χ1v) is 9.57. The highest BCUT2D eigenvalue weighted by molar-refractivity contribution is 6.60. The normalized spacial score (nSPS) is 27.8. The topological polar surface area (TPSA) is 57.2 Å². The summed E-state index contributed by atoms with van der Waals surface area (Å²) >= 11 is 0. The minimum absolute atomic E-state index is 0.0213. The first-order chi connectivity index (χ1) is 9.60. The molecule has 6 heteroatoms. The van der Waals surface area contributed by atoms with Crippen molar-refractivity contribution >= 4 is 8.80 Å². The molecule has 0 heterocycles. The molecular weight excluding hydrogens is 276 g/mol. The zero-order chi connectivity index (χ0) is 15.0. The number of hydrogen-bond donors (Lipinski definition) is 1. The SMILES string of the molecule is CCOC1CC(CC[Si](OC)(OC)OCC)CCC1O. The summed E-state index contributed by atoms with van der Waals surface area (Å²) in [5.41, 5.74) is 0. The Balaban J connectivity index is 2.47. The van der Waals surface area contributed by atoms with E-state index in [9.17, 15) is 5.11 Å². The molecule has 3 atom stereocenters. The van der Waals surface area contributed by atoms with Crippen molar-refractivity contribution in [1.82, 2.24) is 0 Å². The van der Waals surface area contributed by atoms with Crippen molar-refractivity contribution in [3.05, 3.63) is 0 Å². The molecule has 0 radical (unpaired) electrons. The predicted molar refractivity (Wildman–Crippen MR) is 79.6 cm³/mol. The second-order valence-corrected chi connectivity index (χ2v) is 8.27. The van der Waals surface area contributed by atoms with Gasteiger partial charge in [0.05, 0.1) is 12.2 Å². The fourth-order valence-electron chi connectivity index (χ4n) is 2.93. The average molecular weight is 306 g/mol. The smallest absolute Gasteiger partial charge is 0.390 e. The van der Waals surface area contributed by atoms with Crippen LogP contribution in [0, 0.1) is 5.92 Å². The van der Waals surface area contributed by atoms with Crippen molar-refractivity contribution in [2.24, 2.45) is 5.92 Å². The predicted octanol–water partition coefficient (Wildman–Crippen LogP) is 2.21. The lowest BCUT2D eigenvalue weighted by Crippen LogP contribution is -2.44. The van der Waals surface area contributed by atoms with Crippen LogP contribution in [0.3, 0.4) is 0 Å².